The smallest absolute Gasteiger partial charge is 0.293 e. The van der Waals surface area contributed by atoms with Crippen LogP contribution in [0.1, 0.15) is 5.56 Å². The van der Waals surface area contributed by atoms with Gasteiger partial charge in [-0.25, -0.2) is 0 Å². The molecule has 0 unspecified atom stereocenters. The number of rotatable bonds is 3. The number of nitrogens with one attached hydrogen (secondary N) is 1. The van der Waals surface area contributed by atoms with E-state index >= 15 is 0 Å². The van der Waals surface area contributed by atoms with Gasteiger partial charge in [0.2, 0.25) is 0 Å². The maximum Gasteiger partial charge on any atom is 0.293 e. The number of H-pyrrole nitrogens is 1. The summed E-state index contributed by atoms with van der Waals surface area (Å²) < 4.78 is 5.00. The first kappa shape index (κ1) is 9.67. The standard InChI is InChI=1S/C10H10N2O3/c1-15-6-7-5-11-10-8(7)3-2-4-9(10)12(13)14/h2-5,11H,6H2,1H3. The van der Waals surface area contributed by atoms with Crippen molar-refractivity contribution in [1.82, 2.24) is 4.98 Å². The zero-order valence-electron chi connectivity index (χ0n) is 8.19. The predicted octanol–water partition coefficient (Wildman–Crippen LogP) is 2.22. The number of fused-ring (bicyclic) bond motifs is 1. The van der Waals surface area contributed by atoms with Crippen LogP contribution in [0, 0.1) is 10.1 Å². The van der Waals surface area contributed by atoms with Gasteiger partial charge in [0.05, 0.1) is 11.5 Å². The number of nitrogens with zero attached hydrogens (tertiary/aromatic N) is 1. The average Bonchev–Trinajstić information content (AvgIpc) is 2.62. The molecule has 0 amide bonds. The highest BCUT2D eigenvalue weighted by atomic mass is 16.6. The van der Waals surface area contributed by atoms with Crippen LogP contribution in [0.5, 0.6) is 0 Å². The Bertz CT molecular complexity index is 504. The summed E-state index contributed by atoms with van der Waals surface area (Å²) in [6.45, 7) is 0.446. The van der Waals surface area contributed by atoms with Gasteiger partial charge in [-0.05, 0) is 0 Å². The van der Waals surface area contributed by atoms with E-state index in [4.69, 9.17) is 4.74 Å². The normalized spacial score (nSPS) is 10.7. The van der Waals surface area contributed by atoms with Gasteiger partial charge < -0.3 is 9.72 Å². The van der Waals surface area contributed by atoms with Crippen LogP contribution in [-0.2, 0) is 11.3 Å². The highest BCUT2D eigenvalue weighted by molar-refractivity contribution is 5.90. The number of ether oxygens (including phenoxy) is 1. The second kappa shape index (κ2) is 3.70. The molecule has 0 radical (unpaired) electrons. The van der Waals surface area contributed by atoms with Gasteiger partial charge in [0.15, 0.2) is 0 Å². The van der Waals surface area contributed by atoms with E-state index < -0.39 is 4.92 Å². The van der Waals surface area contributed by atoms with Crippen LogP contribution in [0.3, 0.4) is 0 Å². The molecule has 0 aliphatic heterocycles. The maximum absolute atomic E-state index is 10.7. The van der Waals surface area contributed by atoms with Crippen LogP contribution in [0.25, 0.3) is 10.9 Å². The van der Waals surface area contributed by atoms with E-state index in [0.717, 1.165) is 10.9 Å². The van der Waals surface area contributed by atoms with Gasteiger partial charge in [-0.2, -0.15) is 0 Å². The number of nitro benzene ring substituents is 1. The number of aromatic nitrogens is 1. The van der Waals surface area contributed by atoms with Gasteiger partial charge in [-0.1, -0.05) is 12.1 Å². The van der Waals surface area contributed by atoms with Crippen LogP contribution >= 0.6 is 0 Å². The van der Waals surface area contributed by atoms with Crippen molar-refractivity contribution < 1.29 is 9.66 Å². The third-order valence-electron chi connectivity index (χ3n) is 2.28. The van der Waals surface area contributed by atoms with E-state index in [1.165, 1.54) is 6.07 Å². The van der Waals surface area contributed by atoms with E-state index in [9.17, 15) is 10.1 Å². The van der Waals surface area contributed by atoms with E-state index in [1.54, 1.807) is 19.4 Å². The van der Waals surface area contributed by atoms with E-state index in [2.05, 4.69) is 4.98 Å². The molecular weight excluding hydrogens is 196 g/mol. The Hall–Kier alpha value is -1.88. The highest BCUT2D eigenvalue weighted by Crippen LogP contribution is 2.27. The molecule has 78 valence electrons. The molecule has 0 saturated heterocycles. The molecule has 2 rings (SSSR count). The quantitative estimate of drug-likeness (QED) is 0.618. The monoisotopic (exact) mass is 206 g/mol. The maximum atomic E-state index is 10.7. The first-order valence-electron chi connectivity index (χ1n) is 4.46. The summed E-state index contributed by atoms with van der Waals surface area (Å²) in [5.41, 5.74) is 1.57. The number of para-hydroxylation sites is 1. The largest absolute Gasteiger partial charge is 0.380 e. The summed E-state index contributed by atoms with van der Waals surface area (Å²) in [4.78, 5) is 13.2. The molecule has 1 heterocycles. The molecule has 5 heteroatoms. The van der Waals surface area contributed by atoms with Crippen LogP contribution < -0.4 is 0 Å². The molecule has 0 atom stereocenters. The van der Waals surface area contributed by atoms with Crippen LogP contribution in [0.4, 0.5) is 5.69 Å². The predicted molar refractivity (Wildman–Crippen MR) is 55.7 cm³/mol. The van der Waals surface area contributed by atoms with Crippen LogP contribution in [0.15, 0.2) is 24.4 Å². The SMILES string of the molecule is COCc1c[nH]c2c([N+](=O)[O-])cccc12. The topological polar surface area (TPSA) is 68.2 Å². The molecule has 0 aliphatic carbocycles. The van der Waals surface area contributed by atoms with Crippen molar-refractivity contribution >= 4 is 16.6 Å². The molecule has 0 saturated carbocycles. The zero-order chi connectivity index (χ0) is 10.8. The summed E-state index contributed by atoms with van der Waals surface area (Å²) in [5, 5.41) is 11.6. The molecule has 2 aromatic rings. The fourth-order valence-corrected chi connectivity index (χ4v) is 1.62. The number of methoxy groups -OCH3 is 1. The van der Waals surface area contributed by atoms with E-state index in [1.807, 2.05) is 6.07 Å². The summed E-state index contributed by atoms with van der Waals surface area (Å²) >= 11 is 0. The Morgan fingerprint density at radius 1 is 1.53 bits per heavy atom. The Labute approximate surface area is 85.8 Å². The fourth-order valence-electron chi connectivity index (χ4n) is 1.62. The number of hydrogen-bond acceptors (Lipinski definition) is 3. The molecule has 1 aromatic heterocycles. The van der Waals surface area contributed by atoms with Gasteiger partial charge in [0.25, 0.3) is 5.69 Å². The lowest BCUT2D eigenvalue weighted by atomic mass is 10.1. The molecule has 0 aliphatic rings. The summed E-state index contributed by atoms with van der Waals surface area (Å²) in [7, 11) is 1.59. The Morgan fingerprint density at radius 3 is 3.00 bits per heavy atom. The summed E-state index contributed by atoms with van der Waals surface area (Å²) in [6, 6.07) is 5.00. The minimum atomic E-state index is -0.393. The molecule has 15 heavy (non-hydrogen) atoms. The molecule has 0 fully saturated rings. The van der Waals surface area contributed by atoms with E-state index in [-0.39, 0.29) is 5.69 Å². The molecule has 0 spiro atoms. The lowest BCUT2D eigenvalue weighted by Crippen LogP contribution is -1.89. The van der Waals surface area contributed by atoms with Crippen LogP contribution in [0.2, 0.25) is 0 Å². The van der Waals surface area contributed by atoms with Crippen molar-refractivity contribution in [2.24, 2.45) is 0 Å². The minimum Gasteiger partial charge on any atom is -0.380 e. The van der Waals surface area contributed by atoms with Crippen molar-refractivity contribution in [1.29, 1.82) is 0 Å². The molecule has 1 N–H and O–H groups in total. The number of nitro groups is 1. The third kappa shape index (κ3) is 1.57. The first-order chi connectivity index (χ1) is 7.24. The minimum absolute atomic E-state index is 0.0925. The third-order valence-corrected chi connectivity index (χ3v) is 2.28. The van der Waals surface area contributed by atoms with Crippen molar-refractivity contribution in [3.05, 3.63) is 40.1 Å². The number of aromatic amines is 1. The van der Waals surface area contributed by atoms with Crippen molar-refractivity contribution in [2.45, 2.75) is 6.61 Å². The first-order valence-corrected chi connectivity index (χ1v) is 4.46. The van der Waals surface area contributed by atoms with Gasteiger partial charge >= 0.3 is 0 Å². The number of non-ortho nitro benzene ring substituents is 1. The molecular formula is C10H10N2O3. The summed E-state index contributed by atoms with van der Waals surface area (Å²) in [6.07, 6.45) is 1.74. The van der Waals surface area contributed by atoms with E-state index in [0.29, 0.717) is 12.1 Å². The highest BCUT2D eigenvalue weighted by Gasteiger charge is 2.14. The summed E-state index contributed by atoms with van der Waals surface area (Å²) in [5.74, 6) is 0. The molecule has 0 bridgehead atoms. The molecule has 1 aromatic carbocycles. The average molecular weight is 206 g/mol. The lowest BCUT2D eigenvalue weighted by molar-refractivity contribution is -0.383. The lowest BCUT2D eigenvalue weighted by Gasteiger charge is -1.96. The number of hydrogen-bond donors (Lipinski definition) is 1. The zero-order valence-corrected chi connectivity index (χ0v) is 8.19. The Morgan fingerprint density at radius 2 is 2.33 bits per heavy atom. The number of benzene rings is 1. The Balaban J connectivity index is 2.63. The second-order valence-corrected chi connectivity index (χ2v) is 3.20. The van der Waals surface area contributed by atoms with Crippen molar-refractivity contribution in [3.8, 4) is 0 Å². The molecule has 5 nitrogen and oxygen atoms in total. The Kier molecular flexibility index (Phi) is 2.39. The fraction of sp³-hybridized carbons (Fsp3) is 0.200. The van der Waals surface area contributed by atoms with Gasteiger partial charge in [0.1, 0.15) is 5.52 Å². The van der Waals surface area contributed by atoms with Gasteiger partial charge in [-0.15, -0.1) is 0 Å². The second-order valence-electron chi connectivity index (χ2n) is 3.20. The van der Waals surface area contributed by atoms with Crippen LogP contribution in [-0.4, -0.2) is 17.0 Å². The van der Waals surface area contributed by atoms with Crippen molar-refractivity contribution in [3.63, 3.8) is 0 Å². The van der Waals surface area contributed by atoms with Gasteiger partial charge in [-0.3, -0.25) is 10.1 Å². The van der Waals surface area contributed by atoms with Gasteiger partial charge in [0, 0.05) is 30.3 Å². The van der Waals surface area contributed by atoms with Crippen molar-refractivity contribution in [2.75, 3.05) is 7.11 Å².